The highest BCUT2D eigenvalue weighted by Gasteiger charge is 2.13. The number of ether oxygens (including phenoxy) is 1. The van der Waals surface area contributed by atoms with Crippen LogP contribution in [0.5, 0.6) is 10.9 Å². The van der Waals surface area contributed by atoms with Crippen molar-refractivity contribution in [1.29, 1.82) is 0 Å². The zero-order valence-electron chi connectivity index (χ0n) is 13.1. The average molecular weight is 395 g/mol. The Balaban J connectivity index is 1.58. The number of rotatable bonds is 7. The summed E-state index contributed by atoms with van der Waals surface area (Å²) in [5.74, 6) is 0.496. The van der Waals surface area contributed by atoms with E-state index in [1.807, 2.05) is 5.38 Å². The fraction of sp³-hybridized carbons (Fsp3) is 0.118. The van der Waals surface area contributed by atoms with E-state index in [1.165, 1.54) is 11.3 Å². The third-order valence-electron chi connectivity index (χ3n) is 3.34. The summed E-state index contributed by atoms with van der Waals surface area (Å²) in [5, 5.41) is 2.84. The van der Waals surface area contributed by atoms with Gasteiger partial charge in [-0.15, -0.1) is 0 Å². The molecule has 0 aliphatic rings. The Morgan fingerprint density at radius 3 is 2.56 bits per heavy atom. The van der Waals surface area contributed by atoms with Gasteiger partial charge in [0.05, 0.1) is 5.75 Å². The molecule has 1 heterocycles. The minimum atomic E-state index is -3.48. The van der Waals surface area contributed by atoms with Gasteiger partial charge in [-0.2, -0.15) is 0 Å². The van der Waals surface area contributed by atoms with Crippen molar-refractivity contribution in [2.45, 2.75) is 12.3 Å². The molecule has 25 heavy (non-hydrogen) atoms. The molecule has 1 aromatic heterocycles. The molecule has 8 heteroatoms. The second kappa shape index (κ2) is 7.97. The summed E-state index contributed by atoms with van der Waals surface area (Å²) in [7, 11) is -3.48. The van der Waals surface area contributed by atoms with E-state index in [9.17, 15) is 8.42 Å². The van der Waals surface area contributed by atoms with Crippen molar-refractivity contribution < 1.29 is 13.2 Å². The van der Waals surface area contributed by atoms with Gasteiger partial charge in [-0.3, -0.25) is 0 Å². The summed E-state index contributed by atoms with van der Waals surface area (Å²) in [6.45, 7) is 0.199. The maximum absolute atomic E-state index is 12.2. The molecule has 0 unspecified atom stereocenters. The number of sulfonamides is 1. The summed E-state index contributed by atoms with van der Waals surface area (Å²) in [5.41, 5.74) is 1.40. The lowest BCUT2D eigenvalue weighted by atomic mass is 10.2. The SMILES string of the molecule is O=S(=O)(Cc1ccccc1Cl)NCc1ccc(Oc2nccs2)cc1. The predicted octanol–water partition coefficient (Wildman–Crippen LogP) is 4.21. The van der Waals surface area contributed by atoms with E-state index in [1.54, 1.807) is 54.7 Å². The highest BCUT2D eigenvalue weighted by molar-refractivity contribution is 7.88. The van der Waals surface area contributed by atoms with Crippen LogP contribution in [0, 0.1) is 0 Å². The lowest BCUT2D eigenvalue weighted by Gasteiger charge is -2.09. The summed E-state index contributed by atoms with van der Waals surface area (Å²) in [6.07, 6.45) is 1.67. The van der Waals surface area contributed by atoms with E-state index in [0.29, 0.717) is 21.5 Å². The van der Waals surface area contributed by atoms with Crippen LogP contribution in [-0.2, 0) is 22.3 Å². The summed E-state index contributed by atoms with van der Waals surface area (Å²) >= 11 is 7.41. The van der Waals surface area contributed by atoms with E-state index >= 15 is 0 Å². The van der Waals surface area contributed by atoms with Gasteiger partial charge in [-0.1, -0.05) is 53.3 Å². The Labute approximate surface area is 155 Å². The Hall–Kier alpha value is -1.93. The van der Waals surface area contributed by atoms with Crippen LogP contribution in [0.2, 0.25) is 5.02 Å². The largest absolute Gasteiger partial charge is 0.431 e. The molecule has 0 bridgehead atoms. The van der Waals surface area contributed by atoms with Gasteiger partial charge in [-0.25, -0.2) is 18.1 Å². The highest BCUT2D eigenvalue weighted by atomic mass is 35.5. The third-order valence-corrected chi connectivity index (χ3v) is 5.63. The molecule has 130 valence electrons. The first kappa shape index (κ1) is 17.9. The van der Waals surface area contributed by atoms with E-state index in [0.717, 1.165) is 5.56 Å². The quantitative estimate of drug-likeness (QED) is 0.651. The minimum absolute atomic E-state index is 0.155. The van der Waals surface area contributed by atoms with E-state index in [-0.39, 0.29) is 12.3 Å². The van der Waals surface area contributed by atoms with Crippen LogP contribution >= 0.6 is 22.9 Å². The molecule has 0 amide bonds. The molecule has 0 saturated heterocycles. The number of halogens is 1. The van der Waals surface area contributed by atoms with Crippen molar-refractivity contribution in [2.24, 2.45) is 0 Å². The van der Waals surface area contributed by atoms with Gasteiger partial charge in [0.2, 0.25) is 10.0 Å². The zero-order chi connectivity index (χ0) is 17.7. The smallest absolute Gasteiger partial charge is 0.278 e. The fourth-order valence-corrected chi connectivity index (χ4v) is 4.04. The number of thiazole rings is 1. The molecule has 5 nitrogen and oxygen atoms in total. The van der Waals surface area contributed by atoms with Crippen LogP contribution in [0.4, 0.5) is 0 Å². The van der Waals surface area contributed by atoms with Crippen LogP contribution in [0.15, 0.2) is 60.1 Å². The van der Waals surface area contributed by atoms with Crippen LogP contribution in [0.3, 0.4) is 0 Å². The van der Waals surface area contributed by atoms with Gasteiger partial charge in [0, 0.05) is 23.1 Å². The average Bonchev–Trinajstić information content (AvgIpc) is 3.09. The first-order chi connectivity index (χ1) is 12.0. The number of hydrogen-bond donors (Lipinski definition) is 1. The fourth-order valence-electron chi connectivity index (χ4n) is 2.10. The number of benzene rings is 2. The molecule has 0 aliphatic heterocycles. The van der Waals surface area contributed by atoms with Crippen LogP contribution in [0.25, 0.3) is 0 Å². The van der Waals surface area contributed by atoms with Crippen molar-refractivity contribution >= 4 is 33.0 Å². The minimum Gasteiger partial charge on any atom is -0.431 e. The summed E-state index contributed by atoms with van der Waals surface area (Å²) in [4.78, 5) is 4.04. The second-order valence-corrected chi connectivity index (χ2v) is 8.29. The van der Waals surface area contributed by atoms with Crippen molar-refractivity contribution in [1.82, 2.24) is 9.71 Å². The molecule has 0 aliphatic carbocycles. The van der Waals surface area contributed by atoms with Crippen molar-refractivity contribution in [3.05, 3.63) is 76.3 Å². The molecule has 1 N–H and O–H groups in total. The third kappa shape index (κ3) is 5.27. The van der Waals surface area contributed by atoms with Gasteiger partial charge in [-0.05, 0) is 29.3 Å². The lowest BCUT2D eigenvalue weighted by molar-refractivity contribution is 0.478. The molecule has 3 rings (SSSR count). The maximum atomic E-state index is 12.2. The second-order valence-electron chi connectivity index (χ2n) is 5.22. The topological polar surface area (TPSA) is 68.3 Å². The molecule has 2 aromatic carbocycles. The van der Waals surface area contributed by atoms with Crippen LogP contribution in [0.1, 0.15) is 11.1 Å². The van der Waals surface area contributed by atoms with Crippen LogP contribution < -0.4 is 9.46 Å². The van der Waals surface area contributed by atoms with E-state index < -0.39 is 10.0 Å². The van der Waals surface area contributed by atoms with Crippen molar-refractivity contribution in [3.8, 4) is 10.9 Å². The maximum Gasteiger partial charge on any atom is 0.278 e. The number of nitrogens with zero attached hydrogens (tertiary/aromatic N) is 1. The summed E-state index contributed by atoms with van der Waals surface area (Å²) in [6, 6.07) is 14.1. The Morgan fingerprint density at radius 1 is 1.12 bits per heavy atom. The van der Waals surface area contributed by atoms with E-state index in [4.69, 9.17) is 16.3 Å². The number of hydrogen-bond acceptors (Lipinski definition) is 5. The Morgan fingerprint density at radius 2 is 1.88 bits per heavy atom. The van der Waals surface area contributed by atoms with Gasteiger partial charge in [0.25, 0.3) is 5.19 Å². The lowest BCUT2D eigenvalue weighted by Crippen LogP contribution is -2.24. The zero-order valence-corrected chi connectivity index (χ0v) is 15.4. The monoisotopic (exact) mass is 394 g/mol. The molecular weight excluding hydrogens is 380 g/mol. The highest BCUT2D eigenvalue weighted by Crippen LogP contribution is 2.23. The molecule has 0 spiro atoms. The van der Waals surface area contributed by atoms with Gasteiger partial charge in [0.1, 0.15) is 5.75 Å². The number of aromatic nitrogens is 1. The van der Waals surface area contributed by atoms with Gasteiger partial charge < -0.3 is 4.74 Å². The molecular formula is C17H15ClN2O3S2. The molecule has 0 atom stereocenters. The van der Waals surface area contributed by atoms with Crippen LogP contribution in [-0.4, -0.2) is 13.4 Å². The number of nitrogens with one attached hydrogen (secondary N) is 1. The molecule has 3 aromatic rings. The standard InChI is InChI=1S/C17H15ClN2O3S2/c18-16-4-2-1-3-14(16)12-25(21,22)20-11-13-5-7-15(8-6-13)23-17-19-9-10-24-17/h1-10,20H,11-12H2. The van der Waals surface area contributed by atoms with Gasteiger partial charge in [0.15, 0.2) is 0 Å². The first-order valence-corrected chi connectivity index (χ1v) is 10.3. The Bertz CT molecular complexity index is 927. The van der Waals surface area contributed by atoms with Crippen molar-refractivity contribution in [3.63, 3.8) is 0 Å². The predicted molar refractivity (Wildman–Crippen MR) is 99.5 cm³/mol. The Kier molecular flexibility index (Phi) is 5.70. The van der Waals surface area contributed by atoms with Gasteiger partial charge >= 0.3 is 0 Å². The molecule has 0 radical (unpaired) electrons. The summed E-state index contributed by atoms with van der Waals surface area (Å²) < 4.78 is 32.5. The normalized spacial score (nSPS) is 11.4. The first-order valence-electron chi connectivity index (χ1n) is 7.39. The molecule has 0 fully saturated rings. The van der Waals surface area contributed by atoms with E-state index in [2.05, 4.69) is 9.71 Å². The van der Waals surface area contributed by atoms with Crippen molar-refractivity contribution in [2.75, 3.05) is 0 Å². The molecule has 0 saturated carbocycles.